The van der Waals surface area contributed by atoms with Crippen molar-refractivity contribution in [2.75, 3.05) is 59.0 Å². The molecule has 0 saturated carbocycles. The molecule has 41 heavy (non-hydrogen) atoms. The Morgan fingerprint density at radius 3 is 2.49 bits per heavy atom. The fraction of sp³-hybridized carbons (Fsp3) is 0.500. The minimum atomic E-state index is -1.02. The van der Waals surface area contributed by atoms with Crippen LogP contribution in [0.1, 0.15) is 41.6 Å². The van der Waals surface area contributed by atoms with Gasteiger partial charge in [0.25, 0.3) is 11.8 Å². The molecule has 2 bridgehead atoms. The summed E-state index contributed by atoms with van der Waals surface area (Å²) < 4.78 is 16.5. The van der Waals surface area contributed by atoms with E-state index in [1.54, 1.807) is 9.80 Å². The number of rotatable bonds is 4. The van der Waals surface area contributed by atoms with Crippen LogP contribution in [-0.4, -0.2) is 87.6 Å². The van der Waals surface area contributed by atoms with Gasteiger partial charge in [-0.3, -0.25) is 19.3 Å². The second-order valence-corrected chi connectivity index (χ2v) is 11.4. The summed E-state index contributed by atoms with van der Waals surface area (Å²) in [6, 6.07) is 9.52. The van der Waals surface area contributed by atoms with Gasteiger partial charge >= 0.3 is 0 Å². The van der Waals surface area contributed by atoms with Gasteiger partial charge < -0.3 is 29.3 Å². The van der Waals surface area contributed by atoms with Crippen LogP contribution in [0.15, 0.2) is 30.3 Å². The summed E-state index contributed by atoms with van der Waals surface area (Å²) in [5.41, 5.74) is 0.906. The van der Waals surface area contributed by atoms with Crippen LogP contribution in [0, 0.1) is 5.92 Å². The van der Waals surface area contributed by atoms with Crippen molar-refractivity contribution < 1.29 is 28.6 Å². The Hall–Kier alpha value is -3.50. The largest absolute Gasteiger partial charge is 0.492 e. The van der Waals surface area contributed by atoms with Gasteiger partial charge in [-0.05, 0) is 44.4 Å². The highest BCUT2D eigenvalue weighted by atomic mass is 35.5. The first-order valence-electron chi connectivity index (χ1n) is 14.1. The molecule has 218 valence electrons. The quantitative estimate of drug-likeness (QED) is 0.591. The average Bonchev–Trinajstić information content (AvgIpc) is 3.64. The summed E-state index contributed by atoms with van der Waals surface area (Å²) in [4.78, 5) is 48.0. The molecule has 3 saturated heterocycles. The predicted octanol–water partition coefficient (Wildman–Crippen LogP) is 3.05. The minimum Gasteiger partial charge on any atom is -0.492 e. The van der Waals surface area contributed by atoms with Gasteiger partial charge in [-0.25, -0.2) is 0 Å². The van der Waals surface area contributed by atoms with Crippen molar-refractivity contribution in [3.63, 3.8) is 0 Å². The molecule has 1 spiro atoms. The Labute approximate surface area is 244 Å². The maximum Gasteiger partial charge on any atom is 0.257 e. The molecule has 0 unspecified atom stereocenters. The number of methoxy groups -OCH3 is 3. The Balaban J connectivity index is 1.39. The van der Waals surface area contributed by atoms with E-state index >= 15 is 0 Å². The van der Waals surface area contributed by atoms with Crippen LogP contribution in [0.25, 0.3) is 0 Å². The topological polar surface area (TPSA) is 101 Å². The summed E-state index contributed by atoms with van der Waals surface area (Å²) in [5.74, 6) is -0.240. The predicted molar refractivity (Wildman–Crippen MR) is 153 cm³/mol. The molecule has 3 amide bonds. The number of para-hydroxylation sites is 1. The minimum absolute atomic E-state index is 0.0806. The van der Waals surface area contributed by atoms with Crippen LogP contribution in [0.3, 0.4) is 0 Å². The van der Waals surface area contributed by atoms with Crippen LogP contribution in [0.5, 0.6) is 17.2 Å². The number of fused-ring (bicyclic) bond motifs is 4. The van der Waals surface area contributed by atoms with E-state index in [-0.39, 0.29) is 58.1 Å². The van der Waals surface area contributed by atoms with Crippen molar-refractivity contribution in [1.29, 1.82) is 0 Å². The number of hydrogen-bond donors (Lipinski definition) is 1. The van der Waals surface area contributed by atoms with Crippen molar-refractivity contribution >= 4 is 35.0 Å². The van der Waals surface area contributed by atoms with Gasteiger partial charge in [0.15, 0.2) is 11.5 Å². The second kappa shape index (κ2) is 10.7. The first-order chi connectivity index (χ1) is 19.9. The first kappa shape index (κ1) is 27.7. The van der Waals surface area contributed by atoms with Crippen LogP contribution < -0.4 is 24.4 Å². The Kier molecular flexibility index (Phi) is 7.23. The standard InChI is InChI=1S/C30H35ClN4O6/c1-39-24-19(17-22(31)25(40-2)26(24)41-3)28(37)33-12-7-11-32-27(36)21-16-18-8-6-13-35(18)30(21)20-9-4-5-10-23(20)34(15-14-33)29(30)38/h4-5,9-10,17-18,21H,6-8,11-16H2,1-3H3,(H,32,36)/t18-,21-,30+/m0/s1. The number of carbonyl (C=O) groups is 3. The van der Waals surface area contributed by atoms with Crippen molar-refractivity contribution in [2.24, 2.45) is 5.92 Å². The lowest BCUT2D eigenvalue weighted by molar-refractivity contribution is -0.139. The molecule has 0 aliphatic carbocycles. The molecule has 10 nitrogen and oxygen atoms in total. The average molecular weight is 583 g/mol. The molecule has 3 atom stereocenters. The van der Waals surface area contributed by atoms with Gasteiger partial charge in [-0.2, -0.15) is 0 Å². The fourth-order valence-electron chi connectivity index (χ4n) is 7.42. The lowest BCUT2D eigenvalue weighted by Gasteiger charge is -2.38. The molecule has 4 aliphatic heterocycles. The van der Waals surface area contributed by atoms with Gasteiger partial charge in [0.1, 0.15) is 5.54 Å². The third-order valence-electron chi connectivity index (χ3n) is 9.11. The molecule has 4 aliphatic rings. The van der Waals surface area contributed by atoms with Gasteiger partial charge in [-0.1, -0.05) is 29.8 Å². The molecule has 6 rings (SSSR count). The van der Waals surface area contributed by atoms with Gasteiger partial charge in [0.05, 0.1) is 37.8 Å². The molecule has 2 aromatic rings. The number of ether oxygens (including phenoxy) is 3. The summed E-state index contributed by atoms with van der Waals surface area (Å²) in [6.07, 6.45) is 3.21. The van der Waals surface area contributed by atoms with Gasteiger partial charge in [-0.15, -0.1) is 0 Å². The summed E-state index contributed by atoms with van der Waals surface area (Å²) >= 11 is 6.47. The lowest BCUT2D eigenvalue weighted by atomic mass is 9.78. The monoisotopic (exact) mass is 582 g/mol. The number of benzene rings is 2. The van der Waals surface area contributed by atoms with Crippen LogP contribution in [-0.2, 0) is 15.1 Å². The number of nitrogens with one attached hydrogen (secondary N) is 1. The van der Waals surface area contributed by atoms with Gasteiger partial charge in [0.2, 0.25) is 11.7 Å². The highest BCUT2D eigenvalue weighted by molar-refractivity contribution is 6.33. The maximum absolute atomic E-state index is 14.6. The van der Waals surface area contributed by atoms with E-state index in [9.17, 15) is 14.4 Å². The van der Waals surface area contributed by atoms with E-state index < -0.39 is 11.5 Å². The fourth-order valence-corrected chi connectivity index (χ4v) is 7.69. The Morgan fingerprint density at radius 2 is 1.73 bits per heavy atom. The summed E-state index contributed by atoms with van der Waals surface area (Å²) in [6.45, 7) is 2.12. The number of amides is 3. The molecule has 1 N–H and O–H groups in total. The molecular formula is C30H35ClN4O6. The van der Waals surface area contributed by atoms with Gasteiger partial charge in [0, 0.05) is 43.5 Å². The number of carbonyl (C=O) groups excluding carboxylic acids is 3. The van der Waals surface area contributed by atoms with E-state index in [2.05, 4.69) is 10.2 Å². The zero-order valence-corrected chi connectivity index (χ0v) is 24.3. The number of anilines is 1. The normalized spacial score (nSPS) is 26.0. The molecule has 0 radical (unpaired) electrons. The maximum atomic E-state index is 14.6. The number of hydrogen-bond acceptors (Lipinski definition) is 7. The Bertz CT molecular complexity index is 1400. The third kappa shape index (κ3) is 4.06. The Morgan fingerprint density at radius 1 is 0.976 bits per heavy atom. The number of nitrogens with zero attached hydrogens (tertiary/aromatic N) is 3. The van der Waals surface area contributed by atoms with Crippen molar-refractivity contribution in [3.8, 4) is 17.2 Å². The second-order valence-electron chi connectivity index (χ2n) is 11.0. The van der Waals surface area contributed by atoms with Crippen molar-refractivity contribution in [2.45, 2.75) is 37.3 Å². The van der Waals surface area contributed by atoms with E-state index in [1.807, 2.05) is 24.3 Å². The van der Waals surface area contributed by atoms with Crippen molar-refractivity contribution in [3.05, 3.63) is 46.5 Å². The molecule has 3 fully saturated rings. The van der Waals surface area contributed by atoms with E-state index in [0.717, 1.165) is 30.6 Å². The lowest BCUT2D eigenvalue weighted by Crippen LogP contribution is -2.57. The highest BCUT2D eigenvalue weighted by Crippen LogP contribution is 2.57. The molecular weight excluding hydrogens is 548 g/mol. The van der Waals surface area contributed by atoms with Crippen molar-refractivity contribution in [1.82, 2.24) is 15.1 Å². The molecule has 4 heterocycles. The third-order valence-corrected chi connectivity index (χ3v) is 9.39. The summed E-state index contributed by atoms with van der Waals surface area (Å²) in [7, 11) is 4.38. The van der Waals surface area contributed by atoms with E-state index in [4.69, 9.17) is 25.8 Å². The zero-order valence-electron chi connectivity index (χ0n) is 23.6. The molecule has 11 heteroatoms. The molecule has 0 aromatic heterocycles. The van der Waals surface area contributed by atoms with E-state index in [1.165, 1.54) is 27.4 Å². The van der Waals surface area contributed by atoms with Crippen LogP contribution >= 0.6 is 11.6 Å². The zero-order chi connectivity index (χ0) is 28.9. The molecule has 2 aromatic carbocycles. The van der Waals surface area contributed by atoms with Crippen LogP contribution in [0.4, 0.5) is 5.69 Å². The number of halogens is 1. The first-order valence-corrected chi connectivity index (χ1v) is 14.5. The van der Waals surface area contributed by atoms with E-state index in [0.29, 0.717) is 32.5 Å². The smallest absolute Gasteiger partial charge is 0.257 e. The van der Waals surface area contributed by atoms with Crippen LogP contribution in [0.2, 0.25) is 5.02 Å². The highest BCUT2D eigenvalue weighted by Gasteiger charge is 2.67. The SMILES string of the molecule is COc1c(Cl)cc(C(=O)N2CCCNC(=O)[C@@H]3C[C@@H]4CCCN4[C@@]34C(=O)N(CC2)c2ccccc24)c(OC)c1OC. The summed E-state index contributed by atoms with van der Waals surface area (Å²) in [5, 5.41) is 3.31.